The molecule has 0 amide bonds. The van der Waals surface area contributed by atoms with Crippen LogP contribution >= 0.6 is 0 Å². The summed E-state index contributed by atoms with van der Waals surface area (Å²) in [6.07, 6.45) is 9.00. The van der Waals surface area contributed by atoms with Gasteiger partial charge in [-0.3, -0.25) is 0 Å². The molecule has 0 radical (unpaired) electrons. The second-order valence-corrected chi connectivity index (χ2v) is 9.50. The SMILES string of the molecule is COCC(C)NC1CCC(Nc2nccc(-c3ccnc(OCC4(C#N)CCOCC4)n3)n2)CC1. The maximum atomic E-state index is 9.63. The monoisotopic (exact) mass is 481 g/mol. The lowest BCUT2D eigenvalue weighted by molar-refractivity contribution is 0.0174. The molecule has 1 aliphatic carbocycles. The van der Waals surface area contributed by atoms with Crippen LogP contribution in [-0.4, -0.2) is 71.6 Å². The molecule has 1 unspecified atom stereocenters. The lowest BCUT2D eigenvalue weighted by Gasteiger charge is -2.31. The fourth-order valence-electron chi connectivity index (χ4n) is 4.66. The Morgan fingerprint density at radius 1 is 1.09 bits per heavy atom. The zero-order valence-electron chi connectivity index (χ0n) is 20.6. The van der Waals surface area contributed by atoms with Gasteiger partial charge in [-0.2, -0.15) is 10.2 Å². The number of hydrogen-bond acceptors (Lipinski definition) is 10. The van der Waals surface area contributed by atoms with Gasteiger partial charge in [-0.15, -0.1) is 0 Å². The van der Waals surface area contributed by atoms with Gasteiger partial charge in [0.15, 0.2) is 0 Å². The normalized spacial score (nSPS) is 22.7. The Bertz CT molecular complexity index is 985. The van der Waals surface area contributed by atoms with Crippen molar-refractivity contribution in [3.8, 4) is 23.5 Å². The van der Waals surface area contributed by atoms with E-state index in [4.69, 9.17) is 14.2 Å². The van der Waals surface area contributed by atoms with Crippen LogP contribution in [0.5, 0.6) is 6.01 Å². The molecule has 35 heavy (non-hydrogen) atoms. The average Bonchev–Trinajstić information content (AvgIpc) is 2.90. The predicted octanol–water partition coefficient (Wildman–Crippen LogP) is 2.98. The second kappa shape index (κ2) is 12.2. The number of aromatic nitrogens is 4. The molecule has 2 aliphatic rings. The number of ether oxygens (including phenoxy) is 3. The van der Waals surface area contributed by atoms with Crippen molar-refractivity contribution >= 4 is 5.95 Å². The van der Waals surface area contributed by atoms with E-state index >= 15 is 0 Å². The molecule has 1 atom stereocenters. The topological polar surface area (TPSA) is 127 Å². The molecule has 3 heterocycles. The summed E-state index contributed by atoms with van der Waals surface area (Å²) in [5.74, 6) is 0.596. The fraction of sp³-hybridized carbons (Fsp3) is 0.640. The van der Waals surface area contributed by atoms with Crippen molar-refractivity contribution in [2.24, 2.45) is 5.41 Å². The average molecular weight is 482 g/mol. The van der Waals surface area contributed by atoms with Crippen molar-refractivity contribution in [3.63, 3.8) is 0 Å². The van der Waals surface area contributed by atoms with Crippen molar-refractivity contribution < 1.29 is 14.2 Å². The van der Waals surface area contributed by atoms with Crippen molar-refractivity contribution in [3.05, 3.63) is 24.5 Å². The van der Waals surface area contributed by atoms with E-state index in [9.17, 15) is 5.26 Å². The quantitative estimate of drug-likeness (QED) is 0.523. The molecule has 10 heteroatoms. The number of rotatable bonds is 10. The van der Waals surface area contributed by atoms with Crippen LogP contribution in [0, 0.1) is 16.7 Å². The first kappa shape index (κ1) is 25.2. The minimum atomic E-state index is -0.556. The lowest BCUT2D eigenvalue weighted by atomic mass is 9.83. The molecule has 2 aromatic heterocycles. The van der Waals surface area contributed by atoms with Gasteiger partial charge in [-0.05, 0) is 57.6 Å². The number of nitrogens with one attached hydrogen (secondary N) is 2. The van der Waals surface area contributed by atoms with E-state index in [1.54, 1.807) is 25.6 Å². The number of nitriles is 1. The summed E-state index contributed by atoms with van der Waals surface area (Å²) in [7, 11) is 1.74. The van der Waals surface area contributed by atoms with E-state index in [2.05, 4.69) is 43.6 Å². The highest BCUT2D eigenvalue weighted by atomic mass is 16.5. The molecule has 1 saturated carbocycles. The van der Waals surface area contributed by atoms with Gasteiger partial charge in [0.25, 0.3) is 0 Å². The van der Waals surface area contributed by atoms with Gasteiger partial charge >= 0.3 is 6.01 Å². The van der Waals surface area contributed by atoms with Crippen LogP contribution in [0.4, 0.5) is 5.95 Å². The first-order valence-electron chi connectivity index (χ1n) is 12.4. The van der Waals surface area contributed by atoms with Gasteiger partial charge in [0.05, 0.1) is 29.5 Å². The van der Waals surface area contributed by atoms with Crippen LogP contribution in [0.25, 0.3) is 11.4 Å². The molecule has 1 saturated heterocycles. The highest BCUT2D eigenvalue weighted by Crippen LogP contribution is 2.30. The van der Waals surface area contributed by atoms with E-state index < -0.39 is 5.41 Å². The molecule has 2 fully saturated rings. The molecule has 1 aliphatic heterocycles. The first-order valence-corrected chi connectivity index (χ1v) is 12.4. The first-order chi connectivity index (χ1) is 17.1. The zero-order valence-corrected chi connectivity index (χ0v) is 20.6. The van der Waals surface area contributed by atoms with Crippen LogP contribution in [0.3, 0.4) is 0 Å². The number of methoxy groups -OCH3 is 1. The molecule has 0 aromatic carbocycles. The number of anilines is 1. The van der Waals surface area contributed by atoms with Crippen LogP contribution in [0.15, 0.2) is 24.5 Å². The van der Waals surface area contributed by atoms with Crippen LogP contribution in [-0.2, 0) is 9.47 Å². The van der Waals surface area contributed by atoms with E-state index in [1.165, 1.54) is 0 Å². The number of hydrogen-bond donors (Lipinski definition) is 2. The fourth-order valence-corrected chi connectivity index (χ4v) is 4.66. The Hall–Kier alpha value is -2.87. The minimum absolute atomic E-state index is 0.241. The Kier molecular flexibility index (Phi) is 8.79. The summed E-state index contributed by atoms with van der Waals surface area (Å²) < 4.78 is 16.4. The van der Waals surface area contributed by atoms with Crippen LogP contribution in [0.1, 0.15) is 45.4 Å². The largest absolute Gasteiger partial charge is 0.462 e. The minimum Gasteiger partial charge on any atom is -0.462 e. The van der Waals surface area contributed by atoms with Gasteiger partial charge in [0.1, 0.15) is 6.61 Å². The maximum Gasteiger partial charge on any atom is 0.316 e. The molecular formula is C25H35N7O3. The third-order valence-corrected chi connectivity index (χ3v) is 6.71. The van der Waals surface area contributed by atoms with Crippen molar-refractivity contribution in [2.45, 2.75) is 63.6 Å². The molecule has 10 nitrogen and oxygen atoms in total. The standard InChI is InChI=1S/C25H35N7O3/c1-18(15-33-2)29-19-3-5-20(6-4-19)30-23-27-11-7-21(31-23)22-8-12-28-24(32-22)35-17-25(16-26)9-13-34-14-10-25/h7-8,11-12,18-20,29H,3-6,9-10,13-15,17H2,1-2H3,(H,27,30,31). The number of nitrogens with zero attached hydrogens (tertiary/aromatic N) is 5. The Morgan fingerprint density at radius 2 is 1.77 bits per heavy atom. The molecule has 4 rings (SSSR count). The smallest absolute Gasteiger partial charge is 0.316 e. The maximum absolute atomic E-state index is 9.63. The second-order valence-electron chi connectivity index (χ2n) is 9.50. The van der Waals surface area contributed by atoms with Crippen molar-refractivity contribution in [2.75, 3.05) is 38.9 Å². The zero-order chi connectivity index (χ0) is 24.5. The highest BCUT2D eigenvalue weighted by molar-refractivity contribution is 5.55. The summed E-state index contributed by atoms with van der Waals surface area (Å²) >= 11 is 0. The van der Waals surface area contributed by atoms with E-state index in [0.29, 0.717) is 61.5 Å². The molecule has 2 aromatic rings. The highest BCUT2D eigenvalue weighted by Gasteiger charge is 2.34. The molecule has 0 bridgehead atoms. The summed E-state index contributed by atoms with van der Waals surface area (Å²) in [5.41, 5.74) is 0.790. The Balaban J connectivity index is 1.33. The van der Waals surface area contributed by atoms with Gasteiger partial charge in [0, 0.05) is 50.8 Å². The van der Waals surface area contributed by atoms with E-state index in [-0.39, 0.29) is 12.6 Å². The van der Waals surface area contributed by atoms with E-state index in [1.807, 2.05) is 6.07 Å². The van der Waals surface area contributed by atoms with Gasteiger partial charge in [0.2, 0.25) is 5.95 Å². The van der Waals surface area contributed by atoms with Gasteiger partial charge in [-0.25, -0.2) is 15.0 Å². The third kappa shape index (κ3) is 7.07. The molecule has 2 N–H and O–H groups in total. The van der Waals surface area contributed by atoms with Crippen molar-refractivity contribution in [1.29, 1.82) is 5.26 Å². The third-order valence-electron chi connectivity index (χ3n) is 6.71. The summed E-state index contributed by atoms with van der Waals surface area (Å²) in [4.78, 5) is 17.8. The molecular weight excluding hydrogens is 446 g/mol. The Morgan fingerprint density at radius 3 is 2.49 bits per heavy atom. The summed E-state index contributed by atoms with van der Waals surface area (Å²) in [6.45, 7) is 4.26. The van der Waals surface area contributed by atoms with Crippen molar-refractivity contribution in [1.82, 2.24) is 25.3 Å². The lowest BCUT2D eigenvalue weighted by Crippen LogP contribution is -2.43. The van der Waals surface area contributed by atoms with Gasteiger partial charge < -0.3 is 24.8 Å². The molecule has 0 spiro atoms. The Labute approximate surface area is 206 Å². The van der Waals surface area contributed by atoms with Crippen LogP contribution in [0.2, 0.25) is 0 Å². The molecule has 188 valence electrons. The van der Waals surface area contributed by atoms with Crippen LogP contribution < -0.4 is 15.4 Å². The summed E-state index contributed by atoms with van der Waals surface area (Å²) in [6, 6.07) is 7.48. The predicted molar refractivity (Wildman–Crippen MR) is 131 cm³/mol. The van der Waals surface area contributed by atoms with Gasteiger partial charge in [-0.1, -0.05) is 0 Å². The summed E-state index contributed by atoms with van der Waals surface area (Å²) in [5, 5.41) is 16.8. The van der Waals surface area contributed by atoms with E-state index in [0.717, 1.165) is 32.3 Å².